The van der Waals surface area contributed by atoms with Crippen LogP contribution in [0.15, 0.2) is 24.3 Å². The van der Waals surface area contributed by atoms with Crippen molar-refractivity contribution in [1.82, 2.24) is 0 Å². The van der Waals surface area contributed by atoms with E-state index in [0.717, 1.165) is 0 Å². The summed E-state index contributed by atoms with van der Waals surface area (Å²) in [7, 11) is -3.40. The van der Waals surface area contributed by atoms with Gasteiger partial charge in [-0.05, 0) is 33.8 Å². The molecule has 0 saturated heterocycles. The Labute approximate surface area is 120 Å². The molecule has 0 aliphatic heterocycles. The third-order valence-electron chi connectivity index (χ3n) is 2.56. The summed E-state index contributed by atoms with van der Waals surface area (Å²) < 4.78 is 29.0. The quantitative estimate of drug-likeness (QED) is 0.741. The summed E-state index contributed by atoms with van der Waals surface area (Å²) in [6.07, 6.45) is 0.00178. The molecule has 0 fully saturated rings. The molecule has 0 heterocycles. The average molecular weight is 301 g/mol. The fraction of sp³-hybridized carbons (Fsp3) is 0.571. The molecule has 1 aromatic carbocycles. The van der Waals surface area contributed by atoms with E-state index < -0.39 is 13.4 Å². The molecule has 0 aliphatic rings. The molecule has 5 nitrogen and oxygen atoms in total. The van der Waals surface area contributed by atoms with E-state index >= 15 is 0 Å². The molecule has 1 aromatic rings. The van der Waals surface area contributed by atoms with Gasteiger partial charge in [0, 0.05) is 5.56 Å². The zero-order valence-electron chi connectivity index (χ0n) is 12.5. The molecule has 0 amide bonds. The Kier molecular flexibility index (Phi) is 6.69. The summed E-state index contributed by atoms with van der Waals surface area (Å²) in [6, 6.07) is 7.26. The number of rotatable bonds is 8. The summed E-state index contributed by atoms with van der Waals surface area (Å²) in [6.45, 7) is 7.92. The average Bonchev–Trinajstić information content (AvgIpc) is 2.38. The standard InChI is InChI=1S/C14H24NO4P/c1-5-17-20(16,18-6-2)14(15)12-9-7-8-10-13(12)19-11(3)4/h7-11,14H,5-6,15H2,1-4H3/t14-/m1/s1. The smallest absolute Gasteiger partial charge is 0.351 e. The highest BCUT2D eigenvalue weighted by Gasteiger charge is 2.35. The maximum Gasteiger partial charge on any atom is 0.351 e. The topological polar surface area (TPSA) is 70.8 Å². The van der Waals surface area contributed by atoms with Gasteiger partial charge in [0.25, 0.3) is 0 Å². The van der Waals surface area contributed by atoms with Gasteiger partial charge in [0.05, 0.1) is 19.3 Å². The van der Waals surface area contributed by atoms with E-state index in [2.05, 4.69) is 0 Å². The van der Waals surface area contributed by atoms with Crippen molar-refractivity contribution in [3.05, 3.63) is 29.8 Å². The number of hydrogen-bond donors (Lipinski definition) is 1. The monoisotopic (exact) mass is 301 g/mol. The molecule has 0 spiro atoms. The second-order valence-corrected chi connectivity index (χ2v) is 6.68. The minimum absolute atomic E-state index is 0.00178. The molecule has 0 bridgehead atoms. The molecule has 6 heteroatoms. The third kappa shape index (κ3) is 4.32. The first kappa shape index (κ1) is 17.2. The van der Waals surface area contributed by atoms with Crippen molar-refractivity contribution < 1.29 is 18.3 Å². The second-order valence-electron chi connectivity index (χ2n) is 4.52. The molecule has 0 saturated carbocycles. The molecule has 0 aliphatic carbocycles. The molecule has 2 N–H and O–H groups in total. The first-order valence-corrected chi connectivity index (χ1v) is 8.45. The van der Waals surface area contributed by atoms with Gasteiger partial charge in [-0.25, -0.2) is 0 Å². The van der Waals surface area contributed by atoms with Gasteiger partial charge in [-0.2, -0.15) is 0 Å². The number of para-hydroxylation sites is 1. The molecule has 20 heavy (non-hydrogen) atoms. The van der Waals surface area contributed by atoms with Gasteiger partial charge in [0.15, 0.2) is 0 Å². The Balaban J connectivity index is 3.11. The highest BCUT2D eigenvalue weighted by molar-refractivity contribution is 7.54. The molecule has 1 atom stereocenters. The van der Waals surface area contributed by atoms with E-state index in [1.54, 1.807) is 26.0 Å². The van der Waals surface area contributed by atoms with Gasteiger partial charge in [-0.3, -0.25) is 4.57 Å². The van der Waals surface area contributed by atoms with Crippen LogP contribution in [-0.2, 0) is 13.6 Å². The number of nitrogens with two attached hydrogens (primary N) is 1. The van der Waals surface area contributed by atoms with E-state index in [1.807, 2.05) is 26.0 Å². The minimum Gasteiger partial charge on any atom is -0.491 e. The Morgan fingerprint density at radius 1 is 1.15 bits per heavy atom. The van der Waals surface area contributed by atoms with Crippen LogP contribution < -0.4 is 10.5 Å². The van der Waals surface area contributed by atoms with Gasteiger partial charge in [0.1, 0.15) is 11.5 Å². The van der Waals surface area contributed by atoms with E-state index in [9.17, 15) is 4.57 Å². The van der Waals surface area contributed by atoms with Gasteiger partial charge in [-0.1, -0.05) is 18.2 Å². The summed E-state index contributed by atoms with van der Waals surface area (Å²) in [5.74, 6) is -0.257. The zero-order valence-corrected chi connectivity index (χ0v) is 13.4. The fourth-order valence-corrected chi connectivity index (χ4v) is 3.48. The highest BCUT2D eigenvalue weighted by atomic mass is 31.2. The summed E-state index contributed by atoms with van der Waals surface area (Å²) in [4.78, 5) is 0. The molecule has 0 aromatic heterocycles. The zero-order chi connectivity index (χ0) is 15.2. The van der Waals surface area contributed by atoms with E-state index in [0.29, 0.717) is 11.3 Å². The van der Waals surface area contributed by atoms with Gasteiger partial charge in [0.2, 0.25) is 0 Å². The maximum absolute atomic E-state index is 12.7. The third-order valence-corrected chi connectivity index (χ3v) is 4.75. The van der Waals surface area contributed by atoms with Crippen LogP contribution in [0.2, 0.25) is 0 Å². The second kappa shape index (κ2) is 7.79. The predicted octanol–water partition coefficient (Wildman–Crippen LogP) is 3.70. The molecule has 1 rings (SSSR count). The van der Waals surface area contributed by atoms with Crippen molar-refractivity contribution in [2.45, 2.75) is 39.6 Å². The van der Waals surface area contributed by atoms with Crippen molar-refractivity contribution in [1.29, 1.82) is 0 Å². The van der Waals surface area contributed by atoms with Crippen molar-refractivity contribution in [2.75, 3.05) is 13.2 Å². The fourth-order valence-electron chi connectivity index (χ4n) is 1.81. The lowest BCUT2D eigenvalue weighted by Gasteiger charge is -2.25. The van der Waals surface area contributed by atoms with Crippen LogP contribution >= 0.6 is 7.60 Å². The van der Waals surface area contributed by atoms with Crippen LogP contribution in [0.25, 0.3) is 0 Å². The van der Waals surface area contributed by atoms with Crippen LogP contribution in [0.3, 0.4) is 0 Å². The molecular formula is C14H24NO4P. The molecule has 0 radical (unpaired) electrons. The number of hydrogen-bond acceptors (Lipinski definition) is 5. The summed E-state index contributed by atoms with van der Waals surface area (Å²) in [5, 5.41) is 0. The van der Waals surface area contributed by atoms with E-state index in [1.165, 1.54) is 0 Å². The van der Waals surface area contributed by atoms with Crippen molar-refractivity contribution in [3.8, 4) is 5.75 Å². The lowest BCUT2D eigenvalue weighted by atomic mass is 10.2. The van der Waals surface area contributed by atoms with Gasteiger partial charge in [-0.15, -0.1) is 0 Å². The molecule has 0 unspecified atom stereocenters. The normalized spacial score (nSPS) is 13.5. The first-order chi connectivity index (χ1) is 9.44. The Morgan fingerprint density at radius 2 is 1.70 bits per heavy atom. The SMILES string of the molecule is CCOP(=O)(OCC)[C@@H](N)c1ccccc1OC(C)C. The largest absolute Gasteiger partial charge is 0.491 e. The van der Waals surface area contributed by atoms with Crippen LogP contribution in [0.5, 0.6) is 5.75 Å². The van der Waals surface area contributed by atoms with E-state index in [4.69, 9.17) is 19.5 Å². The van der Waals surface area contributed by atoms with Gasteiger partial charge < -0.3 is 19.5 Å². The molecular weight excluding hydrogens is 277 g/mol. The number of ether oxygens (including phenoxy) is 1. The van der Waals surface area contributed by atoms with Crippen molar-refractivity contribution in [3.63, 3.8) is 0 Å². The highest BCUT2D eigenvalue weighted by Crippen LogP contribution is 2.59. The van der Waals surface area contributed by atoms with Gasteiger partial charge >= 0.3 is 7.60 Å². The Morgan fingerprint density at radius 3 is 2.20 bits per heavy atom. The van der Waals surface area contributed by atoms with Crippen LogP contribution in [0, 0.1) is 0 Å². The van der Waals surface area contributed by atoms with Crippen molar-refractivity contribution in [2.24, 2.45) is 5.73 Å². The lowest BCUT2D eigenvalue weighted by Crippen LogP contribution is -2.17. The Bertz CT molecular complexity index is 454. The summed E-state index contributed by atoms with van der Waals surface area (Å²) >= 11 is 0. The maximum atomic E-state index is 12.7. The Hall–Kier alpha value is -0.870. The lowest BCUT2D eigenvalue weighted by molar-refractivity contribution is 0.209. The predicted molar refractivity (Wildman–Crippen MR) is 80.0 cm³/mol. The summed E-state index contributed by atoms with van der Waals surface area (Å²) in [5.41, 5.74) is 6.76. The minimum atomic E-state index is -3.40. The van der Waals surface area contributed by atoms with Crippen molar-refractivity contribution >= 4 is 7.60 Å². The van der Waals surface area contributed by atoms with Crippen LogP contribution in [0.1, 0.15) is 39.0 Å². The van der Waals surface area contributed by atoms with Crippen LogP contribution in [0.4, 0.5) is 0 Å². The van der Waals surface area contributed by atoms with Crippen LogP contribution in [-0.4, -0.2) is 19.3 Å². The molecule has 114 valence electrons. The number of benzene rings is 1. The van der Waals surface area contributed by atoms with E-state index in [-0.39, 0.29) is 19.3 Å². The first-order valence-electron chi connectivity index (χ1n) is 6.84.